The summed E-state index contributed by atoms with van der Waals surface area (Å²) in [6.07, 6.45) is 3.81. The lowest BCUT2D eigenvalue weighted by Gasteiger charge is -2.08. The molecular weight excluding hydrogens is 402 g/mol. The van der Waals surface area contributed by atoms with Gasteiger partial charge in [0, 0.05) is 18.0 Å². The van der Waals surface area contributed by atoms with Crippen molar-refractivity contribution in [3.8, 4) is 0 Å². The Morgan fingerprint density at radius 1 is 1.07 bits per heavy atom. The molecule has 0 fully saturated rings. The molecule has 7 heteroatoms. The zero-order valence-corrected chi connectivity index (χ0v) is 17.8. The molecule has 6 nitrogen and oxygen atoms in total. The van der Waals surface area contributed by atoms with Gasteiger partial charge < -0.3 is 14.6 Å². The number of unbranched alkanes of at least 4 members (excludes halogenated alkanes) is 2. The van der Waals surface area contributed by atoms with Crippen LogP contribution in [-0.2, 0) is 33.7 Å². The van der Waals surface area contributed by atoms with Gasteiger partial charge in [-0.05, 0) is 36.6 Å². The number of carbonyl (C=O) groups excluding carboxylic acids is 2. The van der Waals surface area contributed by atoms with Crippen LogP contribution in [0.4, 0.5) is 0 Å². The van der Waals surface area contributed by atoms with E-state index in [1.165, 1.54) is 7.11 Å². The number of halogens is 1. The number of esters is 1. The summed E-state index contributed by atoms with van der Waals surface area (Å²) in [5.41, 5.74) is 2.65. The van der Waals surface area contributed by atoms with E-state index in [2.05, 4.69) is 10.3 Å². The number of ether oxygens (including phenoxy) is 1. The van der Waals surface area contributed by atoms with Crippen molar-refractivity contribution >= 4 is 34.5 Å². The molecule has 1 amide bonds. The van der Waals surface area contributed by atoms with Crippen LogP contribution in [0.5, 0.6) is 0 Å². The molecule has 1 heterocycles. The highest BCUT2D eigenvalue weighted by Crippen LogP contribution is 2.18. The quantitative estimate of drug-likeness (QED) is 0.393. The highest BCUT2D eigenvalue weighted by molar-refractivity contribution is 6.31. The smallest absolute Gasteiger partial charge is 0.325 e. The van der Waals surface area contributed by atoms with Crippen molar-refractivity contribution in [1.29, 1.82) is 0 Å². The van der Waals surface area contributed by atoms with Crippen molar-refractivity contribution in [1.82, 2.24) is 14.9 Å². The second-order valence-electron chi connectivity index (χ2n) is 7.11. The van der Waals surface area contributed by atoms with Crippen LogP contribution in [0.2, 0.25) is 5.02 Å². The number of hydrogen-bond acceptors (Lipinski definition) is 4. The van der Waals surface area contributed by atoms with Crippen LogP contribution in [0.1, 0.15) is 30.7 Å². The fraction of sp³-hybridized carbons (Fsp3) is 0.348. The summed E-state index contributed by atoms with van der Waals surface area (Å²) >= 11 is 6.10. The van der Waals surface area contributed by atoms with Gasteiger partial charge in [-0.1, -0.05) is 48.4 Å². The average Bonchev–Trinajstić information content (AvgIpc) is 3.09. The predicted molar refractivity (Wildman–Crippen MR) is 117 cm³/mol. The minimum Gasteiger partial charge on any atom is -0.468 e. The Morgan fingerprint density at radius 3 is 2.63 bits per heavy atom. The third-order valence-corrected chi connectivity index (χ3v) is 5.33. The Morgan fingerprint density at radius 2 is 1.83 bits per heavy atom. The Hall–Kier alpha value is -2.86. The van der Waals surface area contributed by atoms with Gasteiger partial charge >= 0.3 is 5.97 Å². The maximum absolute atomic E-state index is 12.1. The van der Waals surface area contributed by atoms with Gasteiger partial charge in [-0.2, -0.15) is 0 Å². The number of carbonyl (C=O) groups is 2. The summed E-state index contributed by atoms with van der Waals surface area (Å²) in [7, 11) is 1.39. The monoisotopic (exact) mass is 427 g/mol. The van der Waals surface area contributed by atoms with Crippen molar-refractivity contribution < 1.29 is 14.3 Å². The first-order valence-corrected chi connectivity index (χ1v) is 10.5. The van der Waals surface area contributed by atoms with E-state index < -0.39 is 0 Å². The highest BCUT2D eigenvalue weighted by atomic mass is 35.5. The minimum absolute atomic E-state index is 0.0250. The predicted octanol–water partition coefficient (Wildman–Crippen LogP) is 3.93. The molecule has 3 aromatic rings. The van der Waals surface area contributed by atoms with Gasteiger partial charge in [-0.3, -0.25) is 9.59 Å². The van der Waals surface area contributed by atoms with Crippen molar-refractivity contribution in [2.75, 3.05) is 13.7 Å². The summed E-state index contributed by atoms with van der Waals surface area (Å²) in [5, 5.41) is 3.56. The summed E-state index contributed by atoms with van der Waals surface area (Å²) in [6.45, 7) is 0.784. The summed E-state index contributed by atoms with van der Waals surface area (Å²) in [5.74, 6) is 0.563. The normalized spacial score (nSPS) is 10.9. The maximum atomic E-state index is 12.1. The first-order valence-electron chi connectivity index (χ1n) is 10.1. The van der Waals surface area contributed by atoms with E-state index in [4.69, 9.17) is 16.3 Å². The molecule has 0 radical (unpaired) electrons. The SMILES string of the molecule is COC(=O)Cn1c(CCCCCNC(=O)Cc2ccccc2Cl)nc2ccccc21. The van der Waals surface area contributed by atoms with E-state index in [0.29, 0.717) is 11.6 Å². The van der Waals surface area contributed by atoms with Crippen LogP contribution in [0.25, 0.3) is 11.0 Å². The average molecular weight is 428 g/mol. The molecule has 1 N–H and O–H groups in total. The van der Waals surface area contributed by atoms with Gasteiger partial charge in [-0.25, -0.2) is 4.98 Å². The Kier molecular flexibility index (Phi) is 7.85. The van der Waals surface area contributed by atoms with E-state index in [1.54, 1.807) is 6.07 Å². The number of aryl methyl sites for hydroxylation is 1. The van der Waals surface area contributed by atoms with Gasteiger partial charge in [0.25, 0.3) is 0 Å². The van der Waals surface area contributed by atoms with Crippen LogP contribution < -0.4 is 5.32 Å². The van der Waals surface area contributed by atoms with Crippen LogP contribution in [-0.4, -0.2) is 35.1 Å². The number of hydrogen-bond donors (Lipinski definition) is 1. The summed E-state index contributed by atoms with van der Waals surface area (Å²) in [6, 6.07) is 15.2. The number of nitrogens with zero attached hydrogens (tertiary/aromatic N) is 2. The summed E-state index contributed by atoms with van der Waals surface area (Å²) in [4.78, 5) is 28.5. The van der Waals surface area contributed by atoms with E-state index >= 15 is 0 Å². The van der Waals surface area contributed by atoms with Crippen LogP contribution in [0.3, 0.4) is 0 Å². The molecule has 0 aliphatic rings. The second-order valence-corrected chi connectivity index (χ2v) is 7.52. The van der Waals surface area contributed by atoms with Crippen LogP contribution >= 0.6 is 11.6 Å². The van der Waals surface area contributed by atoms with Gasteiger partial charge in [0.15, 0.2) is 0 Å². The van der Waals surface area contributed by atoms with Gasteiger partial charge in [0.1, 0.15) is 12.4 Å². The molecule has 0 atom stereocenters. The number of fused-ring (bicyclic) bond motifs is 1. The number of para-hydroxylation sites is 2. The molecule has 0 saturated heterocycles. The third-order valence-electron chi connectivity index (χ3n) is 4.96. The van der Waals surface area contributed by atoms with E-state index in [9.17, 15) is 9.59 Å². The number of aromatic nitrogens is 2. The first-order chi connectivity index (χ1) is 14.6. The zero-order valence-electron chi connectivity index (χ0n) is 17.1. The Balaban J connectivity index is 1.45. The van der Waals surface area contributed by atoms with Crippen molar-refractivity contribution in [2.24, 2.45) is 0 Å². The fourth-order valence-electron chi connectivity index (χ4n) is 3.38. The molecular formula is C23H26ClN3O3. The number of rotatable bonds is 10. The van der Waals surface area contributed by atoms with Crippen molar-refractivity contribution in [2.45, 2.75) is 38.6 Å². The molecule has 0 aliphatic carbocycles. The molecule has 0 aliphatic heterocycles. The van der Waals surface area contributed by atoms with Crippen molar-refractivity contribution in [3.63, 3.8) is 0 Å². The maximum Gasteiger partial charge on any atom is 0.325 e. The van der Waals surface area contributed by atoms with E-state index in [0.717, 1.165) is 48.1 Å². The largest absolute Gasteiger partial charge is 0.468 e. The molecule has 0 bridgehead atoms. The number of amides is 1. The standard InChI is InChI=1S/C23H26ClN3O3/c1-30-23(29)16-27-20-12-7-6-11-19(20)26-21(27)13-3-2-8-14-25-22(28)15-17-9-4-5-10-18(17)24/h4-7,9-12H,2-3,8,13-16H2,1H3,(H,25,28). The molecule has 1 aromatic heterocycles. The second kappa shape index (κ2) is 10.8. The molecule has 3 rings (SSSR count). The number of nitrogens with one attached hydrogen (secondary N) is 1. The Labute approximate surface area is 181 Å². The molecule has 158 valence electrons. The van der Waals surface area contributed by atoms with Crippen molar-refractivity contribution in [3.05, 3.63) is 64.9 Å². The molecule has 0 saturated carbocycles. The lowest BCUT2D eigenvalue weighted by Crippen LogP contribution is -2.26. The van der Waals surface area contributed by atoms with Gasteiger partial charge in [0.2, 0.25) is 5.91 Å². The van der Waals surface area contributed by atoms with Crippen LogP contribution in [0.15, 0.2) is 48.5 Å². The van der Waals surface area contributed by atoms with Gasteiger partial charge in [-0.15, -0.1) is 0 Å². The fourth-order valence-corrected chi connectivity index (χ4v) is 3.58. The van der Waals surface area contributed by atoms with Crippen LogP contribution in [0, 0.1) is 0 Å². The number of methoxy groups -OCH3 is 1. The Bertz CT molecular complexity index is 1020. The minimum atomic E-state index is -0.291. The van der Waals surface area contributed by atoms with E-state index in [-0.39, 0.29) is 24.8 Å². The van der Waals surface area contributed by atoms with Gasteiger partial charge in [0.05, 0.1) is 24.6 Å². The number of benzene rings is 2. The summed E-state index contributed by atoms with van der Waals surface area (Å²) < 4.78 is 6.74. The number of imidazole rings is 1. The first kappa shape index (κ1) is 21.8. The molecule has 0 spiro atoms. The molecule has 2 aromatic carbocycles. The lowest BCUT2D eigenvalue weighted by molar-refractivity contribution is -0.141. The third kappa shape index (κ3) is 5.83. The zero-order chi connectivity index (χ0) is 21.3. The molecule has 0 unspecified atom stereocenters. The topological polar surface area (TPSA) is 73.2 Å². The highest BCUT2D eigenvalue weighted by Gasteiger charge is 2.13. The molecule has 30 heavy (non-hydrogen) atoms. The van der Waals surface area contributed by atoms with E-state index in [1.807, 2.05) is 47.0 Å². The lowest BCUT2D eigenvalue weighted by atomic mass is 10.1.